The largest absolute Gasteiger partial charge is 0.377 e. The van der Waals surface area contributed by atoms with E-state index in [2.05, 4.69) is 15.5 Å². The van der Waals surface area contributed by atoms with Crippen molar-refractivity contribution in [2.75, 3.05) is 19.0 Å². The monoisotopic (exact) mass is 268 g/mol. The first-order chi connectivity index (χ1) is 9.68. The van der Waals surface area contributed by atoms with Crippen LogP contribution in [0.2, 0.25) is 0 Å². The molecule has 0 spiro atoms. The van der Waals surface area contributed by atoms with Crippen LogP contribution in [0.5, 0.6) is 0 Å². The number of para-hydroxylation sites is 1. The number of nitrogens with zero attached hydrogens (tertiary/aromatic N) is 3. The van der Waals surface area contributed by atoms with Crippen molar-refractivity contribution in [3.8, 4) is 0 Å². The zero-order valence-corrected chi connectivity index (χ0v) is 11.4. The SMILES string of the molecule is CN(C)c1ccccc1C(=O)NN=Cc1ccccn1. The van der Waals surface area contributed by atoms with E-state index in [9.17, 15) is 4.79 Å². The highest BCUT2D eigenvalue weighted by Crippen LogP contribution is 2.17. The Balaban J connectivity index is 2.08. The third kappa shape index (κ3) is 3.41. The molecule has 0 radical (unpaired) electrons. The van der Waals surface area contributed by atoms with Crippen LogP contribution in [-0.2, 0) is 0 Å². The highest BCUT2D eigenvalue weighted by molar-refractivity contribution is 6.00. The molecule has 0 saturated carbocycles. The second-order valence-electron chi connectivity index (χ2n) is 4.37. The molecule has 1 aromatic carbocycles. The molecule has 1 aromatic heterocycles. The Hall–Kier alpha value is -2.69. The molecule has 0 aliphatic carbocycles. The van der Waals surface area contributed by atoms with Crippen molar-refractivity contribution in [2.24, 2.45) is 5.10 Å². The summed E-state index contributed by atoms with van der Waals surface area (Å²) in [5.74, 6) is -0.249. The van der Waals surface area contributed by atoms with Crippen molar-refractivity contribution in [1.29, 1.82) is 0 Å². The number of hydrogen-bond acceptors (Lipinski definition) is 4. The molecule has 102 valence electrons. The summed E-state index contributed by atoms with van der Waals surface area (Å²) in [7, 11) is 3.78. The van der Waals surface area contributed by atoms with Gasteiger partial charge in [0.05, 0.1) is 17.5 Å². The molecule has 0 bridgehead atoms. The third-order valence-corrected chi connectivity index (χ3v) is 2.68. The summed E-state index contributed by atoms with van der Waals surface area (Å²) in [6.45, 7) is 0. The van der Waals surface area contributed by atoms with Crippen LogP contribution in [-0.4, -0.2) is 31.2 Å². The number of benzene rings is 1. The highest BCUT2D eigenvalue weighted by atomic mass is 16.2. The lowest BCUT2D eigenvalue weighted by atomic mass is 10.1. The number of carbonyl (C=O) groups excluding carboxylic acids is 1. The van der Waals surface area contributed by atoms with Gasteiger partial charge in [-0.05, 0) is 24.3 Å². The Morgan fingerprint density at radius 1 is 1.20 bits per heavy atom. The molecule has 5 nitrogen and oxygen atoms in total. The molecule has 0 atom stereocenters. The highest BCUT2D eigenvalue weighted by Gasteiger charge is 2.10. The average molecular weight is 268 g/mol. The second-order valence-corrected chi connectivity index (χ2v) is 4.37. The van der Waals surface area contributed by atoms with Gasteiger partial charge in [-0.2, -0.15) is 5.10 Å². The van der Waals surface area contributed by atoms with E-state index in [0.717, 1.165) is 5.69 Å². The lowest BCUT2D eigenvalue weighted by Crippen LogP contribution is -2.21. The lowest BCUT2D eigenvalue weighted by molar-refractivity contribution is 0.0955. The van der Waals surface area contributed by atoms with Gasteiger partial charge >= 0.3 is 0 Å². The topological polar surface area (TPSA) is 57.6 Å². The Labute approximate surface area is 118 Å². The van der Waals surface area contributed by atoms with Crippen molar-refractivity contribution in [3.05, 3.63) is 59.9 Å². The van der Waals surface area contributed by atoms with E-state index >= 15 is 0 Å². The molecule has 0 fully saturated rings. The quantitative estimate of drug-likeness (QED) is 0.680. The zero-order chi connectivity index (χ0) is 14.4. The minimum absolute atomic E-state index is 0.249. The van der Waals surface area contributed by atoms with Gasteiger partial charge in [0.25, 0.3) is 5.91 Å². The van der Waals surface area contributed by atoms with Gasteiger partial charge < -0.3 is 4.90 Å². The van der Waals surface area contributed by atoms with E-state index in [1.165, 1.54) is 6.21 Å². The van der Waals surface area contributed by atoms with Crippen LogP contribution < -0.4 is 10.3 Å². The average Bonchev–Trinajstić information content (AvgIpc) is 2.48. The van der Waals surface area contributed by atoms with Gasteiger partial charge in [-0.1, -0.05) is 18.2 Å². The number of carbonyl (C=O) groups is 1. The predicted molar refractivity (Wildman–Crippen MR) is 80.1 cm³/mol. The maximum Gasteiger partial charge on any atom is 0.273 e. The summed E-state index contributed by atoms with van der Waals surface area (Å²) in [5.41, 5.74) is 4.62. The number of rotatable bonds is 4. The van der Waals surface area contributed by atoms with E-state index in [0.29, 0.717) is 11.3 Å². The van der Waals surface area contributed by atoms with Gasteiger partial charge in [-0.3, -0.25) is 9.78 Å². The van der Waals surface area contributed by atoms with E-state index in [1.807, 2.05) is 55.4 Å². The van der Waals surface area contributed by atoms with Crippen molar-refractivity contribution in [3.63, 3.8) is 0 Å². The number of anilines is 1. The summed E-state index contributed by atoms with van der Waals surface area (Å²) in [6, 6.07) is 12.9. The zero-order valence-electron chi connectivity index (χ0n) is 11.4. The molecule has 5 heteroatoms. The fourth-order valence-electron chi connectivity index (χ4n) is 1.73. The first kappa shape index (κ1) is 13.7. The maximum absolute atomic E-state index is 12.1. The molecule has 1 amide bonds. The summed E-state index contributed by atoms with van der Waals surface area (Å²) in [4.78, 5) is 18.1. The van der Waals surface area contributed by atoms with Gasteiger partial charge in [0, 0.05) is 26.0 Å². The van der Waals surface area contributed by atoms with Crippen LogP contribution in [0, 0.1) is 0 Å². The van der Waals surface area contributed by atoms with Crippen molar-refractivity contribution in [1.82, 2.24) is 10.4 Å². The number of hydrazone groups is 1. The van der Waals surface area contributed by atoms with Crippen LogP contribution in [0.15, 0.2) is 53.8 Å². The first-order valence-electron chi connectivity index (χ1n) is 6.19. The predicted octanol–water partition coefficient (Wildman–Crippen LogP) is 1.91. The standard InChI is InChI=1S/C15H16N4O/c1-19(2)14-9-4-3-8-13(14)15(20)18-17-11-12-7-5-6-10-16-12/h3-11H,1-2H3,(H,18,20). The molecular formula is C15H16N4O. The minimum atomic E-state index is -0.249. The van der Waals surface area contributed by atoms with Gasteiger partial charge in [-0.25, -0.2) is 5.43 Å². The molecule has 2 aromatic rings. The third-order valence-electron chi connectivity index (χ3n) is 2.68. The summed E-state index contributed by atoms with van der Waals surface area (Å²) in [5, 5.41) is 3.91. The number of pyridine rings is 1. The Bertz CT molecular complexity index is 608. The Morgan fingerprint density at radius 3 is 2.65 bits per heavy atom. The maximum atomic E-state index is 12.1. The van der Waals surface area contributed by atoms with Gasteiger partial charge in [-0.15, -0.1) is 0 Å². The smallest absolute Gasteiger partial charge is 0.273 e. The van der Waals surface area contributed by atoms with Gasteiger partial charge in [0.1, 0.15) is 0 Å². The normalized spacial score (nSPS) is 10.5. The summed E-state index contributed by atoms with van der Waals surface area (Å²) in [6.07, 6.45) is 3.18. The van der Waals surface area contributed by atoms with Crippen LogP contribution >= 0.6 is 0 Å². The fraction of sp³-hybridized carbons (Fsp3) is 0.133. The minimum Gasteiger partial charge on any atom is -0.377 e. The van der Waals surface area contributed by atoms with E-state index in [1.54, 1.807) is 12.3 Å². The molecular weight excluding hydrogens is 252 g/mol. The fourth-order valence-corrected chi connectivity index (χ4v) is 1.73. The van der Waals surface area contributed by atoms with Gasteiger partial charge in [0.2, 0.25) is 0 Å². The van der Waals surface area contributed by atoms with E-state index < -0.39 is 0 Å². The molecule has 20 heavy (non-hydrogen) atoms. The second kappa shape index (κ2) is 6.47. The van der Waals surface area contributed by atoms with Gasteiger partial charge in [0.15, 0.2) is 0 Å². The molecule has 0 aliphatic heterocycles. The number of aromatic nitrogens is 1. The number of hydrogen-bond donors (Lipinski definition) is 1. The number of nitrogens with one attached hydrogen (secondary N) is 1. The molecule has 0 unspecified atom stereocenters. The van der Waals surface area contributed by atoms with Crippen LogP contribution in [0.1, 0.15) is 16.1 Å². The van der Waals surface area contributed by atoms with Crippen LogP contribution in [0.4, 0.5) is 5.69 Å². The van der Waals surface area contributed by atoms with Crippen molar-refractivity contribution < 1.29 is 4.79 Å². The molecule has 1 N–H and O–H groups in total. The summed E-state index contributed by atoms with van der Waals surface area (Å²) >= 11 is 0. The van der Waals surface area contributed by atoms with E-state index in [4.69, 9.17) is 0 Å². The summed E-state index contributed by atoms with van der Waals surface area (Å²) < 4.78 is 0. The van der Waals surface area contributed by atoms with Crippen LogP contribution in [0.25, 0.3) is 0 Å². The van der Waals surface area contributed by atoms with Crippen molar-refractivity contribution in [2.45, 2.75) is 0 Å². The van der Waals surface area contributed by atoms with E-state index in [-0.39, 0.29) is 5.91 Å². The first-order valence-corrected chi connectivity index (χ1v) is 6.19. The number of amides is 1. The molecule has 1 heterocycles. The Kier molecular flexibility index (Phi) is 4.44. The molecule has 0 aliphatic rings. The molecule has 2 rings (SSSR count). The van der Waals surface area contributed by atoms with Crippen molar-refractivity contribution >= 4 is 17.8 Å². The Morgan fingerprint density at radius 2 is 1.95 bits per heavy atom. The molecule has 0 saturated heterocycles. The van der Waals surface area contributed by atoms with Crippen LogP contribution in [0.3, 0.4) is 0 Å². The lowest BCUT2D eigenvalue weighted by Gasteiger charge is -2.15.